The molecule has 0 spiro atoms. The lowest BCUT2D eigenvalue weighted by Crippen LogP contribution is -2.26. The van der Waals surface area contributed by atoms with E-state index >= 15 is 0 Å². The molecule has 2 rings (SSSR count). The number of hydrogen-bond acceptors (Lipinski definition) is 2. The molecule has 1 amide bonds. The summed E-state index contributed by atoms with van der Waals surface area (Å²) in [6, 6.07) is 7.42. The summed E-state index contributed by atoms with van der Waals surface area (Å²) in [5.41, 5.74) is 0.743. The second-order valence-electron chi connectivity index (χ2n) is 5.35. The fourth-order valence-electron chi connectivity index (χ4n) is 2.55. The first-order chi connectivity index (χ1) is 9.60. The van der Waals surface area contributed by atoms with Crippen molar-refractivity contribution in [2.45, 2.75) is 32.6 Å². The zero-order valence-electron chi connectivity index (χ0n) is 11.8. The molecule has 1 aromatic carbocycles. The lowest BCUT2D eigenvalue weighted by atomic mass is 10.1. The first kappa shape index (κ1) is 15.2. The topological polar surface area (TPSA) is 37.4 Å². The number of halogens is 1. The van der Waals surface area contributed by atoms with Gasteiger partial charge in [0.05, 0.1) is 0 Å². The van der Waals surface area contributed by atoms with Crippen molar-refractivity contribution in [3.05, 3.63) is 34.3 Å². The van der Waals surface area contributed by atoms with Crippen molar-refractivity contribution >= 4 is 27.6 Å². The minimum absolute atomic E-state index is 0.149. The number of nitrogens with zero attached hydrogens (tertiary/aromatic N) is 1. The van der Waals surface area contributed by atoms with Gasteiger partial charge in [0.25, 0.3) is 0 Å². The predicted molar refractivity (Wildman–Crippen MR) is 82.7 cm³/mol. The third kappa shape index (κ3) is 3.92. The van der Waals surface area contributed by atoms with Crippen molar-refractivity contribution in [1.29, 1.82) is 0 Å². The minimum Gasteiger partial charge on any atom is -0.342 e. The van der Waals surface area contributed by atoms with E-state index in [4.69, 9.17) is 0 Å². The number of carbonyl (C=O) groups is 2. The zero-order chi connectivity index (χ0) is 14.5. The van der Waals surface area contributed by atoms with Crippen molar-refractivity contribution < 1.29 is 9.59 Å². The van der Waals surface area contributed by atoms with Gasteiger partial charge in [-0.1, -0.05) is 41.4 Å². The zero-order valence-corrected chi connectivity index (χ0v) is 13.4. The number of likely N-dealkylation sites (tertiary alicyclic amines) is 1. The maximum atomic E-state index is 12.0. The third-order valence-electron chi connectivity index (χ3n) is 3.87. The molecule has 0 aliphatic carbocycles. The molecule has 1 heterocycles. The van der Waals surface area contributed by atoms with Crippen LogP contribution in [-0.4, -0.2) is 29.7 Å². The molecule has 1 unspecified atom stereocenters. The van der Waals surface area contributed by atoms with Crippen molar-refractivity contribution in [2.24, 2.45) is 5.92 Å². The molecular formula is C16H20BrNO2. The van der Waals surface area contributed by atoms with Crippen LogP contribution >= 0.6 is 15.9 Å². The molecule has 0 bridgehead atoms. The Morgan fingerprint density at radius 2 is 2.05 bits per heavy atom. The number of Topliss-reactive ketones (excluding diaryl/α,β-unsaturated/α-hetero) is 1. The van der Waals surface area contributed by atoms with Crippen LogP contribution in [0.15, 0.2) is 28.7 Å². The average molecular weight is 338 g/mol. The minimum atomic E-state index is 0.149. The van der Waals surface area contributed by atoms with E-state index in [1.165, 1.54) is 0 Å². The van der Waals surface area contributed by atoms with Gasteiger partial charge in [0.1, 0.15) is 0 Å². The van der Waals surface area contributed by atoms with Gasteiger partial charge in [0.15, 0.2) is 5.78 Å². The van der Waals surface area contributed by atoms with E-state index in [1.807, 2.05) is 29.2 Å². The second-order valence-corrected chi connectivity index (χ2v) is 6.27. The van der Waals surface area contributed by atoms with Gasteiger partial charge < -0.3 is 4.90 Å². The predicted octanol–water partition coefficient (Wildman–Crippen LogP) is 3.67. The Hall–Kier alpha value is -1.16. The van der Waals surface area contributed by atoms with E-state index in [1.54, 1.807) is 0 Å². The number of amides is 1. The van der Waals surface area contributed by atoms with Crippen LogP contribution in [0.25, 0.3) is 0 Å². The fraction of sp³-hybridized carbons (Fsp3) is 0.500. The standard InChI is InChI=1S/C16H20BrNO2/c1-2-12-10-16(20)18(11-12)9-3-4-15(19)13-5-7-14(17)8-6-13/h5-8,12H,2-4,9-11H2,1H3. The lowest BCUT2D eigenvalue weighted by molar-refractivity contribution is -0.127. The summed E-state index contributed by atoms with van der Waals surface area (Å²) in [7, 11) is 0. The normalized spacial score (nSPS) is 18.6. The molecule has 108 valence electrons. The van der Waals surface area contributed by atoms with Gasteiger partial charge in [-0.05, 0) is 24.5 Å². The van der Waals surface area contributed by atoms with Gasteiger partial charge in [-0.3, -0.25) is 9.59 Å². The highest BCUT2D eigenvalue weighted by Crippen LogP contribution is 2.21. The summed E-state index contributed by atoms with van der Waals surface area (Å²) in [6.45, 7) is 3.69. The molecular weight excluding hydrogens is 318 g/mol. The Balaban J connectivity index is 1.77. The van der Waals surface area contributed by atoms with Gasteiger partial charge in [-0.15, -0.1) is 0 Å². The van der Waals surface area contributed by atoms with E-state index in [2.05, 4.69) is 22.9 Å². The molecule has 0 radical (unpaired) electrons. The summed E-state index contributed by atoms with van der Waals surface area (Å²) < 4.78 is 0.974. The molecule has 20 heavy (non-hydrogen) atoms. The van der Waals surface area contributed by atoms with Gasteiger partial charge >= 0.3 is 0 Å². The van der Waals surface area contributed by atoms with Crippen molar-refractivity contribution in [2.75, 3.05) is 13.1 Å². The van der Waals surface area contributed by atoms with Crippen LogP contribution in [0.5, 0.6) is 0 Å². The Morgan fingerprint density at radius 3 is 2.65 bits per heavy atom. The monoisotopic (exact) mass is 337 g/mol. The summed E-state index contributed by atoms with van der Waals surface area (Å²) in [4.78, 5) is 25.7. The lowest BCUT2D eigenvalue weighted by Gasteiger charge is -2.15. The maximum Gasteiger partial charge on any atom is 0.222 e. The number of benzene rings is 1. The number of carbonyl (C=O) groups excluding carboxylic acids is 2. The molecule has 1 aromatic rings. The van der Waals surface area contributed by atoms with E-state index in [-0.39, 0.29) is 11.7 Å². The van der Waals surface area contributed by atoms with Crippen LogP contribution in [0.2, 0.25) is 0 Å². The molecule has 1 saturated heterocycles. The quantitative estimate of drug-likeness (QED) is 0.742. The second kappa shape index (κ2) is 7.02. The third-order valence-corrected chi connectivity index (χ3v) is 4.40. The van der Waals surface area contributed by atoms with Gasteiger partial charge in [-0.25, -0.2) is 0 Å². The van der Waals surface area contributed by atoms with Gasteiger partial charge in [0.2, 0.25) is 5.91 Å². The van der Waals surface area contributed by atoms with Crippen LogP contribution in [0.4, 0.5) is 0 Å². The molecule has 3 nitrogen and oxygen atoms in total. The van der Waals surface area contributed by atoms with Crippen LogP contribution in [0.1, 0.15) is 43.0 Å². The number of ketones is 1. The van der Waals surface area contributed by atoms with Crippen LogP contribution in [-0.2, 0) is 4.79 Å². The summed E-state index contributed by atoms with van der Waals surface area (Å²) >= 11 is 3.36. The first-order valence-corrected chi connectivity index (χ1v) is 7.96. The Bertz CT molecular complexity index is 484. The largest absolute Gasteiger partial charge is 0.342 e. The molecule has 0 N–H and O–H groups in total. The van der Waals surface area contributed by atoms with Crippen LogP contribution in [0.3, 0.4) is 0 Å². The van der Waals surface area contributed by atoms with Gasteiger partial charge in [-0.2, -0.15) is 0 Å². The Morgan fingerprint density at radius 1 is 1.35 bits per heavy atom. The molecule has 4 heteroatoms. The SMILES string of the molecule is CCC1CC(=O)N(CCCC(=O)c2ccc(Br)cc2)C1. The summed E-state index contributed by atoms with van der Waals surface area (Å²) in [6.07, 6.45) is 2.98. The fourth-order valence-corrected chi connectivity index (χ4v) is 2.82. The average Bonchev–Trinajstić information content (AvgIpc) is 2.80. The van der Waals surface area contributed by atoms with E-state index in [9.17, 15) is 9.59 Å². The van der Waals surface area contributed by atoms with E-state index in [0.29, 0.717) is 25.3 Å². The number of hydrogen-bond donors (Lipinski definition) is 0. The Kier molecular flexibility index (Phi) is 5.35. The van der Waals surface area contributed by atoms with Crippen molar-refractivity contribution in [3.63, 3.8) is 0 Å². The first-order valence-electron chi connectivity index (χ1n) is 7.16. The highest BCUT2D eigenvalue weighted by molar-refractivity contribution is 9.10. The van der Waals surface area contributed by atoms with Crippen LogP contribution < -0.4 is 0 Å². The van der Waals surface area contributed by atoms with E-state index in [0.717, 1.165) is 29.4 Å². The highest BCUT2D eigenvalue weighted by atomic mass is 79.9. The maximum absolute atomic E-state index is 12.0. The molecule has 1 fully saturated rings. The highest BCUT2D eigenvalue weighted by Gasteiger charge is 2.27. The van der Waals surface area contributed by atoms with Crippen molar-refractivity contribution in [3.8, 4) is 0 Å². The molecule has 1 atom stereocenters. The molecule has 1 aliphatic heterocycles. The molecule has 0 saturated carbocycles. The van der Waals surface area contributed by atoms with E-state index < -0.39 is 0 Å². The number of rotatable bonds is 6. The molecule has 0 aromatic heterocycles. The van der Waals surface area contributed by atoms with Crippen LogP contribution in [0, 0.1) is 5.92 Å². The molecule has 1 aliphatic rings. The summed E-state index contributed by atoms with van der Waals surface area (Å²) in [5, 5.41) is 0. The smallest absolute Gasteiger partial charge is 0.222 e. The Labute approximate surface area is 128 Å². The van der Waals surface area contributed by atoms with Crippen molar-refractivity contribution in [1.82, 2.24) is 4.90 Å². The van der Waals surface area contributed by atoms with Gasteiger partial charge in [0, 0.05) is 36.0 Å². The summed E-state index contributed by atoms with van der Waals surface area (Å²) in [5.74, 6) is 0.897.